The molecular weight excluding hydrogens is 560 g/mol. The summed E-state index contributed by atoms with van der Waals surface area (Å²) in [4.78, 5) is 41.6. The van der Waals surface area contributed by atoms with Crippen molar-refractivity contribution < 1.29 is 33.3 Å². The molecule has 12 heteroatoms. The summed E-state index contributed by atoms with van der Waals surface area (Å²) in [6.45, 7) is 5.33. The third-order valence-corrected chi connectivity index (χ3v) is 6.73. The van der Waals surface area contributed by atoms with Crippen molar-refractivity contribution in [1.82, 2.24) is 4.57 Å². The number of carbonyl (C=O) groups excluding carboxylic acids is 2. The zero-order valence-electron chi connectivity index (χ0n) is 23.0. The second kappa shape index (κ2) is 11.2. The first-order valence-corrected chi connectivity index (χ1v) is 13.1. The van der Waals surface area contributed by atoms with Crippen LogP contribution in [0.25, 0.3) is 0 Å². The highest BCUT2D eigenvalue weighted by Crippen LogP contribution is 2.39. The summed E-state index contributed by atoms with van der Waals surface area (Å²) in [5.74, 6) is -2.52. The number of aromatic nitrogens is 1. The second-order valence-electron chi connectivity index (χ2n) is 11.0. The Hall–Kier alpha value is -3.80. The van der Waals surface area contributed by atoms with E-state index in [1.165, 1.54) is 60.4 Å². The fourth-order valence-corrected chi connectivity index (χ4v) is 4.57. The van der Waals surface area contributed by atoms with Crippen molar-refractivity contribution in [3.05, 3.63) is 86.8 Å². The molecule has 218 valence electrons. The Morgan fingerprint density at radius 2 is 1.71 bits per heavy atom. The predicted octanol–water partition coefficient (Wildman–Crippen LogP) is 3.98. The lowest BCUT2D eigenvalue weighted by atomic mass is 10.0. The van der Waals surface area contributed by atoms with Crippen LogP contribution in [0.3, 0.4) is 0 Å². The van der Waals surface area contributed by atoms with Crippen molar-refractivity contribution in [2.75, 3.05) is 16.5 Å². The minimum Gasteiger partial charge on any atom is -0.487 e. The van der Waals surface area contributed by atoms with E-state index in [0.29, 0.717) is 16.9 Å². The van der Waals surface area contributed by atoms with Gasteiger partial charge in [-0.05, 0) is 63.6 Å². The van der Waals surface area contributed by atoms with E-state index in [2.05, 4.69) is 0 Å². The molecule has 0 bridgehead atoms. The topological polar surface area (TPSA) is 112 Å². The van der Waals surface area contributed by atoms with Crippen LogP contribution in [0.1, 0.15) is 45.2 Å². The van der Waals surface area contributed by atoms with Gasteiger partial charge < -0.3 is 19.5 Å². The molecule has 0 spiro atoms. The third-order valence-electron chi connectivity index (χ3n) is 6.38. The van der Waals surface area contributed by atoms with E-state index in [1.54, 1.807) is 18.2 Å². The number of pyridine rings is 1. The van der Waals surface area contributed by atoms with E-state index < -0.39 is 40.2 Å². The van der Waals surface area contributed by atoms with Crippen LogP contribution in [0.4, 0.5) is 20.2 Å². The molecule has 0 unspecified atom stereocenters. The number of amides is 2. The summed E-state index contributed by atoms with van der Waals surface area (Å²) >= 11 is 6.26. The van der Waals surface area contributed by atoms with Crippen LogP contribution < -0.4 is 20.1 Å². The maximum atomic E-state index is 13.9. The lowest BCUT2D eigenvalue weighted by Crippen LogP contribution is -2.48. The van der Waals surface area contributed by atoms with Gasteiger partial charge in [-0.25, -0.2) is 8.78 Å². The van der Waals surface area contributed by atoms with Crippen molar-refractivity contribution >= 4 is 34.8 Å². The van der Waals surface area contributed by atoms with Crippen LogP contribution >= 0.6 is 11.6 Å². The molecule has 0 fully saturated rings. The number of aliphatic hydroxyl groups is 2. The van der Waals surface area contributed by atoms with E-state index in [4.69, 9.17) is 16.3 Å². The highest BCUT2D eigenvalue weighted by atomic mass is 35.5. The lowest BCUT2D eigenvalue weighted by Gasteiger charge is -2.26. The molecule has 0 atom stereocenters. The van der Waals surface area contributed by atoms with Crippen LogP contribution in [0.15, 0.2) is 53.5 Å². The molecule has 2 amide bonds. The summed E-state index contributed by atoms with van der Waals surface area (Å²) in [7, 11) is 0. The average molecular weight is 590 g/mol. The Kier molecular flexibility index (Phi) is 8.26. The van der Waals surface area contributed by atoms with Gasteiger partial charge in [0.15, 0.2) is 0 Å². The minimum atomic E-state index is -1.69. The summed E-state index contributed by atoms with van der Waals surface area (Å²) in [6, 6.07) is 9.45. The van der Waals surface area contributed by atoms with Crippen LogP contribution in [0.2, 0.25) is 5.02 Å². The van der Waals surface area contributed by atoms with E-state index in [9.17, 15) is 33.4 Å². The molecule has 3 aromatic rings. The Balaban J connectivity index is 1.60. The van der Waals surface area contributed by atoms with Gasteiger partial charge >= 0.3 is 0 Å². The molecule has 0 saturated heterocycles. The largest absolute Gasteiger partial charge is 0.487 e. The number of nitrogens with zero attached hydrogens (tertiary/aromatic N) is 3. The fraction of sp³-hybridized carbons (Fsp3) is 0.345. The number of hydrogen-bond acceptors (Lipinski definition) is 6. The number of halogens is 3. The first-order valence-electron chi connectivity index (χ1n) is 12.7. The van der Waals surface area contributed by atoms with Crippen molar-refractivity contribution in [3.8, 4) is 5.75 Å². The van der Waals surface area contributed by atoms with Gasteiger partial charge in [0.25, 0.3) is 11.5 Å². The number of carbonyl (C=O) groups is 2. The molecule has 2 aromatic carbocycles. The maximum absolute atomic E-state index is 13.9. The summed E-state index contributed by atoms with van der Waals surface area (Å²) in [6.07, 6.45) is 1.23. The smallest absolute Gasteiger partial charge is 0.273 e. The van der Waals surface area contributed by atoms with E-state index in [0.717, 1.165) is 12.1 Å². The van der Waals surface area contributed by atoms with Gasteiger partial charge in [0.2, 0.25) is 5.91 Å². The number of anilines is 2. The van der Waals surface area contributed by atoms with Crippen LogP contribution in [0, 0.1) is 11.6 Å². The van der Waals surface area contributed by atoms with Gasteiger partial charge in [-0.3, -0.25) is 24.2 Å². The lowest BCUT2D eigenvalue weighted by molar-refractivity contribution is -0.133. The molecule has 2 heterocycles. The Labute approximate surface area is 240 Å². The van der Waals surface area contributed by atoms with Crippen LogP contribution in [-0.2, 0) is 22.7 Å². The van der Waals surface area contributed by atoms with Gasteiger partial charge in [-0.2, -0.15) is 0 Å². The van der Waals surface area contributed by atoms with Gasteiger partial charge in [0.05, 0.1) is 29.9 Å². The standard InChI is InChI=1S/C29H30ClF2N3O6/c1-28(2,39)13-24(36)34-16-35(27(38)29(3,4)40)21-8-5-17(11-22(21)34)14-33-10-9-23(25(30)26(33)37)41-15-18-6-7-19(31)12-20(18)32/h5-12,39-40H,13-16H2,1-4H3. The number of hydrogen-bond donors (Lipinski definition) is 2. The van der Waals surface area contributed by atoms with Gasteiger partial charge in [0, 0.05) is 17.8 Å². The summed E-state index contributed by atoms with van der Waals surface area (Å²) in [5, 5.41) is 20.3. The number of benzene rings is 2. The Bertz CT molecular complexity index is 1560. The molecule has 0 radical (unpaired) electrons. The number of fused-ring (bicyclic) bond motifs is 1. The van der Waals surface area contributed by atoms with E-state index in [1.807, 2.05) is 0 Å². The average Bonchev–Trinajstić information content (AvgIpc) is 3.24. The third kappa shape index (κ3) is 6.75. The highest BCUT2D eigenvalue weighted by Gasteiger charge is 2.40. The number of ether oxygens (including phenoxy) is 1. The SMILES string of the molecule is CC(C)(O)CC(=O)N1CN(C(=O)C(C)(C)O)c2ccc(Cn3ccc(OCc4ccc(F)cc4F)c(Cl)c3=O)cc21. The van der Waals surface area contributed by atoms with Gasteiger partial charge in [-0.1, -0.05) is 17.7 Å². The minimum absolute atomic E-state index is 0.0229. The summed E-state index contributed by atoms with van der Waals surface area (Å²) < 4.78 is 33.9. The van der Waals surface area contributed by atoms with Crippen molar-refractivity contribution in [3.63, 3.8) is 0 Å². The molecule has 9 nitrogen and oxygen atoms in total. The molecule has 0 saturated carbocycles. The highest BCUT2D eigenvalue weighted by molar-refractivity contribution is 6.31. The van der Waals surface area contributed by atoms with Gasteiger partial charge in [-0.15, -0.1) is 0 Å². The second-order valence-corrected chi connectivity index (χ2v) is 11.4. The maximum Gasteiger partial charge on any atom is 0.273 e. The molecule has 4 rings (SSSR count). The fourth-order valence-electron chi connectivity index (χ4n) is 4.35. The molecule has 1 aliphatic heterocycles. The Morgan fingerprint density at radius 3 is 2.34 bits per heavy atom. The first-order chi connectivity index (χ1) is 19.0. The monoisotopic (exact) mass is 589 g/mol. The Morgan fingerprint density at radius 1 is 1.00 bits per heavy atom. The number of rotatable bonds is 8. The van der Waals surface area contributed by atoms with Crippen LogP contribution in [0.5, 0.6) is 5.75 Å². The zero-order chi connectivity index (χ0) is 30.3. The molecule has 0 aliphatic carbocycles. The molecular formula is C29H30ClF2N3O6. The molecule has 41 heavy (non-hydrogen) atoms. The van der Waals surface area contributed by atoms with E-state index >= 15 is 0 Å². The molecule has 2 N–H and O–H groups in total. The summed E-state index contributed by atoms with van der Waals surface area (Å²) in [5.41, 5.74) is -2.10. The molecule has 1 aromatic heterocycles. The predicted molar refractivity (Wildman–Crippen MR) is 149 cm³/mol. The van der Waals surface area contributed by atoms with Gasteiger partial charge in [0.1, 0.15) is 41.3 Å². The van der Waals surface area contributed by atoms with Crippen molar-refractivity contribution in [2.45, 2.75) is 58.5 Å². The quantitative estimate of drug-likeness (QED) is 0.411. The van der Waals surface area contributed by atoms with Crippen molar-refractivity contribution in [2.24, 2.45) is 0 Å². The first kappa shape index (κ1) is 30.2. The van der Waals surface area contributed by atoms with Crippen LogP contribution in [-0.4, -0.2) is 44.5 Å². The molecule has 1 aliphatic rings. The normalized spacial score (nSPS) is 13.4. The van der Waals surface area contributed by atoms with Crippen molar-refractivity contribution in [1.29, 1.82) is 0 Å². The van der Waals surface area contributed by atoms with E-state index in [-0.39, 0.29) is 42.6 Å². The zero-order valence-corrected chi connectivity index (χ0v) is 23.7.